The van der Waals surface area contributed by atoms with Gasteiger partial charge in [0.05, 0.1) is 5.69 Å². The fourth-order valence-electron chi connectivity index (χ4n) is 2.36. The van der Waals surface area contributed by atoms with E-state index < -0.39 is 0 Å². The maximum Gasteiger partial charge on any atom is 0.115 e. The van der Waals surface area contributed by atoms with Gasteiger partial charge in [-0.05, 0) is 32.4 Å². The molecule has 5 nitrogen and oxygen atoms in total. The molecule has 1 N–H and O–H groups in total. The molecule has 0 aliphatic rings. The third-order valence-electron chi connectivity index (χ3n) is 3.50. The van der Waals surface area contributed by atoms with Crippen molar-refractivity contribution in [2.24, 2.45) is 7.05 Å². The summed E-state index contributed by atoms with van der Waals surface area (Å²) in [6.45, 7) is 7.20. The molecule has 0 radical (unpaired) electrons. The highest BCUT2D eigenvalue weighted by Gasteiger charge is 2.17. The highest BCUT2D eigenvalue weighted by Crippen LogP contribution is 2.21. The minimum absolute atomic E-state index is 0.229. The molecule has 0 aliphatic heterocycles. The zero-order valence-corrected chi connectivity index (χ0v) is 12.0. The second-order valence-corrected chi connectivity index (χ2v) is 4.76. The van der Waals surface area contributed by atoms with Gasteiger partial charge < -0.3 is 5.32 Å². The average Bonchev–Trinajstić information content (AvgIpc) is 2.65. The second-order valence-electron chi connectivity index (χ2n) is 4.76. The van der Waals surface area contributed by atoms with Gasteiger partial charge in [-0.25, -0.2) is 9.97 Å². The average molecular weight is 259 g/mol. The summed E-state index contributed by atoms with van der Waals surface area (Å²) in [4.78, 5) is 8.22. The molecule has 2 rings (SSSR count). The van der Waals surface area contributed by atoms with Gasteiger partial charge in [0.15, 0.2) is 0 Å². The lowest BCUT2D eigenvalue weighted by atomic mass is 9.99. The molecule has 0 bridgehead atoms. The molecule has 2 aromatic heterocycles. The van der Waals surface area contributed by atoms with Crippen LogP contribution in [0.2, 0.25) is 0 Å². The summed E-state index contributed by atoms with van der Waals surface area (Å²) < 4.78 is 1.94. The molecule has 0 aromatic carbocycles. The maximum atomic E-state index is 4.48. The van der Waals surface area contributed by atoms with Crippen molar-refractivity contribution in [3.05, 3.63) is 41.2 Å². The van der Waals surface area contributed by atoms with E-state index in [0.717, 1.165) is 24.2 Å². The van der Waals surface area contributed by atoms with E-state index in [1.165, 1.54) is 11.3 Å². The van der Waals surface area contributed by atoms with Crippen LogP contribution in [-0.4, -0.2) is 26.3 Å². The van der Waals surface area contributed by atoms with Gasteiger partial charge >= 0.3 is 0 Å². The van der Waals surface area contributed by atoms with Crippen molar-refractivity contribution in [3.8, 4) is 0 Å². The van der Waals surface area contributed by atoms with Gasteiger partial charge in [-0.1, -0.05) is 6.92 Å². The number of hydrogen-bond donors (Lipinski definition) is 1. The van der Waals surface area contributed by atoms with Crippen LogP contribution in [-0.2, 0) is 13.5 Å². The lowest BCUT2D eigenvalue weighted by Crippen LogP contribution is -2.23. The fourth-order valence-corrected chi connectivity index (χ4v) is 2.36. The summed E-state index contributed by atoms with van der Waals surface area (Å²) >= 11 is 0. The van der Waals surface area contributed by atoms with Gasteiger partial charge in [-0.3, -0.25) is 4.68 Å². The molecular formula is C14H21N5. The Balaban J connectivity index is 2.26. The Labute approximate surface area is 114 Å². The van der Waals surface area contributed by atoms with Gasteiger partial charge in [0.1, 0.15) is 6.33 Å². The van der Waals surface area contributed by atoms with Crippen molar-refractivity contribution in [2.45, 2.75) is 33.2 Å². The van der Waals surface area contributed by atoms with Crippen molar-refractivity contribution in [3.63, 3.8) is 0 Å². The summed E-state index contributed by atoms with van der Waals surface area (Å²) in [5, 5.41) is 7.97. The van der Waals surface area contributed by atoms with E-state index >= 15 is 0 Å². The SMILES string of the molecule is CCNC(Cc1c(C)nn(C)c1C)c1cncnc1. The van der Waals surface area contributed by atoms with Crippen LogP contribution in [0.3, 0.4) is 0 Å². The van der Waals surface area contributed by atoms with Crippen LogP contribution < -0.4 is 5.32 Å². The van der Waals surface area contributed by atoms with Crippen LogP contribution in [0, 0.1) is 13.8 Å². The third-order valence-corrected chi connectivity index (χ3v) is 3.50. The molecule has 19 heavy (non-hydrogen) atoms. The molecule has 1 atom stereocenters. The Kier molecular flexibility index (Phi) is 4.27. The minimum atomic E-state index is 0.229. The number of rotatable bonds is 5. The fraction of sp³-hybridized carbons (Fsp3) is 0.500. The third kappa shape index (κ3) is 2.98. The Morgan fingerprint density at radius 2 is 1.95 bits per heavy atom. The lowest BCUT2D eigenvalue weighted by molar-refractivity contribution is 0.543. The first-order valence-electron chi connectivity index (χ1n) is 6.60. The molecule has 0 saturated heterocycles. The number of nitrogens with zero attached hydrogens (tertiary/aromatic N) is 4. The van der Waals surface area contributed by atoms with E-state index in [4.69, 9.17) is 0 Å². The Morgan fingerprint density at radius 1 is 1.26 bits per heavy atom. The van der Waals surface area contributed by atoms with E-state index in [0.29, 0.717) is 0 Å². The highest BCUT2D eigenvalue weighted by molar-refractivity contribution is 5.27. The molecule has 5 heteroatoms. The lowest BCUT2D eigenvalue weighted by Gasteiger charge is -2.17. The molecule has 2 heterocycles. The molecule has 0 saturated carbocycles. The Bertz CT molecular complexity index is 532. The van der Waals surface area contributed by atoms with Crippen molar-refractivity contribution in [1.82, 2.24) is 25.1 Å². The Morgan fingerprint density at radius 3 is 2.47 bits per heavy atom. The molecule has 0 fully saturated rings. The zero-order chi connectivity index (χ0) is 13.8. The van der Waals surface area contributed by atoms with Gasteiger partial charge in [-0.15, -0.1) is 0 Å². The summed E-state index contributed by atoms with van der Waals surface area (Å²) in [6, 6.07) is 0.229. The van der Waals surface area contributed by atoms with E-state index in [1.54, 1.807) is 6.33 Å². The first-order chi connectivity index (χ1) is 9.13. The first-order valence-corrected chi connectivity index (χ1v) is 6.60. The van der Waals surface area contributed by atoms with Crippen molar-refractivity contribution < 1.29 is 0 Å². The summed E-state index contributed by atoms with van der Waals surface area (Å²) in [7, 11) is 1.99. The van der Waals surface area contributed by atoms with Crippen molar-refractivity contribution in [2.75, 3.05) is 6.54 Å². The predicted molar refractivity (Wildman–Crippen MR) is 74.8 cm³/mol. The van der Waals surface area contributed by atoms with Gasteiger partial charge in [0.25, 0.3) is 0 Å². The van der Waals surface area contributed by atoms with Gasteiger partial charge in [0.2, 0.25) is 0 Å². The van der Waals surface area contributed by atoms with Gasteiger partial charge in [-0.2, -0.15) is 5.10 Å². The predicted octanol–water partition coefficient (Wildman–Crippen LogP) is 1.72. The zero-order valence-electron chi connectivity index (χ0n) is 12.0. The van der Waals surface area contributed by atoms with Crippen LogP contribution in [0.4, 0.5) is 0 Å². The van der Waals surface area contributed by atoms with Gasteiger partial charge in [0, 0.05) is 36.7 Å². The summed E-state index contributed by atoms with van der Waals surface area (Å²) in [6.07, 6.45) is 6.22. The molecular weight excluding hydrogens is 238 g/mol. The van der Waals surface area contributed by atoms with Crippen molar-refractivity contribution >= 4 is 0 Å². The number of nitrogens with one attached hydrogen (secondary N) is 1. The van der Waals surface area contributed by atoms with Crippen LogP contribution in [0.15, 0.2) is 18.7 Å². The van der Waals surface area contributed by atoms with Crippen LogP contribution in [0.25, 0.3) is 0 Å². The topological polar surface area (TPSA) is 55.6 Å². The monoisotopic (exact) mass is 259 g/mol. The van der Waals surface area contributed by atoms with Crippen LogP contribution >= 0.6 is 0 Å². The van der Waals surface area contributed by atoms with Crippen molar-refractivity contribution in [1.29, 1.82) is 0 Å². The second kappa shape index (κ2) is 5.93. The quantitative estimate of drug-likeness (QED) is 0.888. The van der Waals surface area contributed by atoms with Crippen LogP contribution in [0.1, 0.15) is 35.5 Å². The smallest absolute Gasteiger partial charge is 0.115 e. The number of likely N-dealkylation sites (N-methyl/N-ethyl adjacent to an activating group) is 1. The van der Waals surface area contributed by atoms with E-state index in [9.17, 15) is 0 Å². The minimum Gasteiger partial charge on any atom is -0.310 e. The number of aromatic nitrogens is 4. The summed E-state index contributed by atoms with van der Waals surface area (Å²) in [5.41, 5.74) is 4.74. The van der Waals surface area contributed by atoms with E-state index in [-0.39, 0.29) is 6.04 Å². The standard InChI is InChI=1S/C14H21N5/c1-5-17-14(12-7-15-9-16-8-12)6-13-10(2)18-19(4)11(13)3/h7-9,14,17H,5-6H2,1-4H3. The highest BCUT2D eigenvalue weighted by atomic mass is 15.3. The molecule has 102 valence electrons. The molecule has 0 amide bonds. The largest absolute Gasteiger partial charge is 0.310 e. The first kappa shape index (κ1) is 13.7. The normalized spacial score (nSPS) is 12.6. The maximum absolute atomic E-state index is 4.48. The number of aryl methyl sites for hydroxylation is 2. The number of hydrogen-bond acceptors (Lipinski definition) is 4. The molecule has 0 aliphatic carbocycles. The Hall–Kier alpha value is -1.75. The molecule has 0 spiro atoms. The van der Waals surface area contributed by atoms with E-state index in [2.05, 4.69) is 41.2 Å². The molecule has 1 unspecified atom stereocenters. The van der Waals surface area contributed by atoms with Crippen LogP contribution in [0.5, 0.6) is 0 Å². The van der Waals surface area contributed by atoms with E-state index in [1.807, 2.05) is 24.1 Å². The summed E-state index contributed by atoms with van der Waals surface area (Å²) in [5.74, 6) is 0. The molecule has 2 aromatic rings.